The smallest absolute Gasteiger partial charge is 0.181 e. The number of aromatic nitrogens is 1. The molecule has 1 aliphatic rings. The Labute approximate surface area is 140 Å². The quantitative estimate of drug-likeness (QED) is 0.759. The van der Waals surface area contributed by atoms with Crippen LogP contribution in [0.25, 0.3) is 0 Å². The van der Waals surface area contributed by atoms with Gasteiger partial charge in [0.05, 0.1) is 23.8 Å². The Bertz CT molecular complexity index is 636. The maximum atomic E-state index is 12.4. The summed E-state index contributed by atoms with van der Waals surface area (Å²) in [7, 11) is 0. The van der Waals surface area contributed by atoms with Gasteiger partial charge in [-0.05, 0) is 11.4 Å². The van der Waals surface area contributed by atoms with Crippen LogP contribution in [0.4, 0.5) is 0 Å². The summed E-state index contributed by atoms with van der Waals surface area (Å²) >= 11 is 1.50. The van der Waals surface area contributed by atoms with Gasteiger partial charge in [-0.15, -0.1) is 11.3 Å². The van der Waals surface area contributed by atoms with Gasteiger partial charge in [0.25, 0.3) is 0 Å². The van der Waals surface area contributed by atoms with Crippen LogP contribution in [0.2, 0.25) is 0 Å². The fourth-order valence-electron chi connectivity index (χ4n) is 2.90. The molecule has 2 aromatic rings. The van der Waals surface area contributed by atoms with Crippen molar-refractivity contribution in [2.45, 2.75) is 38.8 Å². The first kappa shape index (κ1) is 16.4. The molecule has 1 atom stereocenters. The van der Waals surface area contributed by atoms with Crippen LogP contribution < -0.4 is 0 Å². The molecule has 0 bridgehead atoms. The van der Waals surface area contributed by atoms with Crippen LogP contribution in [0.15, 0.2) is 28.3 Å². The van der Waals surface area contributed by atoms with E-state index in [1.807, 2.05) is 17.5 Å². The standard InChI is InChI=1S/C17H22N2O3S/c1-12(2)17-14(18-11-22-17)9-19-5-6-21-10-13(19)8-15(20)16-4-3-7-23-16/h3-4,7,11-13H,5-6,8-10H2,1-2H3/t13-/m1/s1. The van der Waals surface area contributed by atoms with E-state index in [1.165, 1.54) is 17.7 Å². The molecule has 0 unspecified atom stereocenters. The van der Waals surface area contributed by atoms with Crippen LogP contribution in [-0.4, -0.2) is 41.5 Å². The molecule has 0 saturated carbocycles. The van der Waals surface area contributed by atoms with Crippen molar-refractivity contribution < 1.29 is 13.9 Å². The lowest BCUT2D eigenvalue weighted by molar-refractivity contribution is -0.0132. The van der Waals surface area contributed by atoms with E-state index in [9.17, 15) is 4.79 Å². The second kappa shape index (κ2) is 7.38. The normalized spacial score (nSPS) is 19.3. The lowest BCUT2D eigenvalue weighted by Gasteiger charge is -2.34. The van der Waals surface area contributed by atoms with Crippen LogP contribution in [0.5, 0.6) is 0 Å². The molecular weight excluding hydrogens is 312 g/mol. The number of morpholine rings is 1. The van der Waals surface area contributed by atoms with Gasteiger partial charge in [-0.1, -0.05) is 19.9 Å². The van der Waals surface area contributed by atoms with Gasteiger partial charge in [-0.25, -0.2) is 4.98 Å². The topological polar surface area (TPSA) is 55.6 Å². The van der Waals surface area contributed by atoms with E-state index in [-0.39, 0.29) is 11.8 Å². The minimum Gasteiger partial charge on any atom is -0.448 e. The summed E-state index contributed by atoms with van der Waals surface area (Å²) in [6.07, 6.45) is 1.99. The zero-order valence-corrected chi connectivity index (χ0v) is 14.3. The van der Waals surface area contributed by atoms with Gasteiger partial charge in [0.2, 0.25) is 0 Å². The maximum absolute atomic E-state index is 12.4. The number of ketones is 1. The molecule has 2 aromatic heterocycles. The largest absolute Gasteiger partial charge is 0.448 e. The number of nitrogens with zero attached hydrogens (tertiary/aromatic N) is 2. The van der Waals surface area contributed by atoms with Gasteiger partial charge in [-0.3, -0.25) is 9.69 Å². The highest BCUT2D eigenvalue weighted by molar-refractivity contribution is 7.12. The highest BCUT2D eigenvalue weighted by Crippen LogP contribution is 2.23. The fraction of sp³-hybridized carbons (Fsp3) is 0.529. The summed E-state index contributed by atoms with van der Waals surface area (Å²) in [5.74, 6) is 1.42. The predicted molar refractivity (Wildman–Crippen MR) is 88.9 cm³/mol. The van der Waals surface area contributed by atoms with Crippen molar-refractivity contribution in [3.05, 3.63) is 40.2 Å². The van der Waals surface area contributed by atoms with E-state index < -0.39 is 0 Å². The minimum atomic E-state index is 0.0927. The summed E-state index contributed by atoms with van der Waals surface area (Å²) in [6.45, 7) is 7.00. The van der Waals surface area contributed by atoms with Crippen LogP contribution >= 0.6 is 11.3 Å². The van der Waals surface area contributed by atoms with Crippen molar-refractivity contribution in [3.8, 4) is 0 Å². The van der Waals surface area contributed by atoms with E-state index in [1.54, 1.807) is 0 Å². The Morgan fingerprint density at radius 1 is 1.52 bits per heavy atom. The van der Waals surface area contributed by atoms with Crippen molar-refractivity contribution in [1.82, 2.24) is 9.88 Å². The molecule has 5 nitrogen and oxygen atoms in total. The summed E-state index contributed by atoms with van der Waals surface area (Å²) in [5.41, 5.74) is 0.968. The van der Waals surface area contributed by atoms with Crippen LogP contribution in [-0.2, 0) is 11.3 Å². The minimum absolute atomic E-state index is 0.0927. The number of thiophene rings is 1. The first-order valence-corrected chi connectivity index (χ1v) is 8.84. The van der Waals surface area contributed by atoms with Gasteiger partial charge in [0.1, 0.15) is 5.76 Å². The molecule has 6 heteroatoms. The van der Waals surface area contributed by atoms with Crippen molar-refractivity contribution in [2.75, 3.05) is 19.8 Å². The predicted octanol–water partition coefficient (Wildman–Crippen LogP) is 3.33. The Morgan fingerprint density at radius 2 is 2.39 bits per heavy atom. The molecule has 0 radical (unpaired) electrons. The Balaban J connectivity index is 1.69. The molecule has 0 N–H and O–H groups in total. The molecule has 3 rings (SSSR count). The molecule has 0 amide bonds. The SMILES string of the molecule is CC(C)c1ocnc1CN1CCOC[C@H]1CC(=O)c1cccs1. The number of carbonyl (C=O) groups excluding carboxylic acids is 1. The van der Waals surface area contributed by atoms with E-state index in [2.05, 4.69) is 23.7 Å². The molecule has 23 heavy (non-hydrogen) atoms. The van der Waals surface area contributed by atoms with E-state index in [0.717, 1.165) is 22.9 Å². The monoisotopic (exact) mass is 334 g/mol. The van der Waals surface area contributed by atoms with E-state index in [0.29, 0.717) is 32.1 Å². The molecular formula is C17H22N2O3S. The molecule has 3 heterocycles. The van der Waals surface area contributed by atoms with Crippen molar-refractivity contribution >= 4 is 17.1 Å². The van der Waals surface area contributed by atoms with Gasteiger partial charge in [0.15, 0.2) is 12.2 Å². The zero-order valence-electron chi connectivity index (χ0n) is 13.5. The summed E-state index contributed by atoms with van der Waals surface area (Å²) in [4.78, 5) is 19.9. The number of hydrogen-bond acceptors (Lipinski definition) is 6. The molecule has 1 aliphatic heterocycles. The third-order valence-corrected chi connectivity index (χ3v) is 5.03. The van der Waals surface area contributed by atoms with Crippen LogP contribution in [0.1, 0.15) is 47.3 Å². The number of Topliss-reactive ketones (excluding diaryl/α,β-unsaturated/α-hetero) is 1. The van der Waals surface area contributed by atoms with Crippen molar-refractivity contribution in [1.29, 1.82) is 0 Å². The van der Waals surface area contributed by atoms with Gasteiger partial charge >= 0.3 is 0 Å². The molecule has 0 aliphatic carbocycles. The maximum Gasteiger partial charge on any atom is 0.181 e. The van der Waals surface area contributed by atoms with Crippen molar-refractivity contribution in [3.63, 3.8) is 0 Å². The Morgan fingerprint density at radius 3 is 3.13 bits per heavy atom. The first-order valence-electron chi connectivity index (χ1n) is 7.96. The Hall–Kier alpha value is -1.50. The molecule has 0 aromatic carbocycles. The van der Waals surface area contributed by atoms with Crippen LogP contribution in [0.3, 0.4) is 0 Å². The molecule has 1 saturated heterocycles. The number of ether oxygens (including phenoxy) is 1. The lowest BCUT2D eigenvalue weighted by Crippen LogP contribution is -2.46. The Kier molecular flexibility index (Phi) is 5.25. The number of rotatable bonds is 6. The number of oxazole rings is 1. The van der Waals surface area contributed by atoms with Crippen molar-refractivity contribution in [2.24, 2.45) is 0 Å². The highest BCUT2D eigenvalue weighted by Gasteiger charge is 2.28. The first-order chi connectivity index (χ1) is 11.1. The van der Waals surface area contributed by atoms with E-state index in [4.69, 9.17) is 9.15 Å². The van der Waals surface area contributed by atoms with Gasteiger partial charge in [-0.2, -0.15) is 0 Å². The number of carbonyl (C=O) groups is 1. The molecule has 0 spiro atoms. The zero-order chi connectivity index (χ0) is 16.2. The second-order valence-electron chi connectivity index (χ2n) is 6.12. The van der Waals surface area contributed by atoms with Crippen LogP contribution in [0, 0.1) is 0 Å². The average Bonchev–Trinajstić information content (AvgIpc) is 3.20. The summed E-state index contributed by atoms with van der Waals surface area (Å²) in [5, 5.41) is 1.94. The van der Waals surface area contributed by atoms with Gasteiger partial charge in [0, 0.05) is 31.5 Å². The number of hydrogen-bond donors (Lipinski definition) is 0. The highest BCUT2D eigenvalue weighted by atomic mass is 32.1. The lowest BCUT2D eigenvalue weighted by atomic mass is 10.1. The summed E-state index contributed by atoms with van der Waals surface area (Å²) < 4.78 is 11.1. The third-order valence-electron chi connectivity index (χ3n) is 4.12. The summed E-state index contributed by atoms with van der Waals surface area (Å²) in [6, 6.07) is 3.89. The molecule has 124 valence electrons. The average molecular weight is 334 g/mol. The van der Waals surface area contributed by atoms with E-state index >= 15 is 0 Å². The third kappa shape index (κ3) is 3.88. The fourth-order valence-corrected chi connectivity index (χ4v) is 3.57. The second-order valence-corrected chi connectivity index (χ2v) is 7.07. The van der Waals surface area contributed by atoms with Gasteiger partial charge < -0.3 is 9.15 Å². The molecule has 1 fully saturated rings.